The number of rotatable bonds is 7. The number of nitrogens with one attached hydrogen (secondary N) is 1. The predicted molar refractivity (Wildman–Crippen MR) is 91.7 cm³/mol. The Morgan fingerprint density at radius 1 is 1.40 bits per heavy atom. The molecule has 1 N–H and O–H groups in total. The normalized spacial score (nSPS) is 24.7. The van der Waals surface area contributed by atoms with Crippen LogP contribution in [0.5, 0.6) is 5.75 Å². The summed E-state index contributed by atoms with van der Waals surface area (Å²) >= 11 is 0. The average molecular weight is 372 g/mol. The topological polar surface area (TPSA) is 67.9 Å². The van der Waals surface area contributed by atoms with Crippen molar-refractivity contribution < 1.29 is 22.3 Å². The van der Waals surface area contributed by atoms with E-state index in [0.29, 0.717) is 32.9 Å². The molecule has 0 aliphatic carbocycles. The first-order chi connectivity index (χ1) is 12.0. The number of benzene rings is 1. The van der Waals surface area contributed by atoms with E-state index in [1.165, 1.54) is 16.4 Å². The van der Waals surface area contributed by atoms with Gasteiger partial charge in [-0.25, -0.2) is 12.8 Å². The summed E-state index contributed by atoms with van der Waals surface area (Å²) in [5.74, 6) is -0.307. The maximum absolute atomic E-state index is 14.3. The number of hydrogen-bond donors (Lipinski definition) is 1. The van der Waals surface area contributed by atoms with Gasteiger partial charge in [0, 0.05) is 31.7 Å². The van der Waals surface area contributed by atoms with Crippen LogP contribution in [0.2, 0.25) is 0 Å². The number of likely N-dealkylation sites (N-methyl/N-ethyl adjacent to an activating group) is 1. The van der Waals surface area contributed by atoms with Crippen LogP contribution in [-0.4, -0.2) is 58.7 Å². The third-order valence-corrected chi connectivity index (χ3v) is 6.72. The number of sulfonamides is 1. The molecule has 0 radical (unpaired) electrons. The highest BCUT2D eigenvalue weighted by Gasteiger charge is 2.35. The first-order valence-electron chi connectivity index (χ1n) is 8.69. The number of halogens is 1. The van der Waals surface area contributed by atoms with Gasteiger partial charge in [0.15, 0.2) is 11.6 Å². The quantitative estimate of drug-likeness (QED) is 0.788. The number of hydrogen-bond acceptors (Lipinski definition) is 5. The molecule has 2 saturated heterocycles. The molecule has 1 aromatic rings. The second kappa shape index (κ2) is 7.99. The highest BCUT2D eigenvalue weighted by molar-refractivity contribution is 7.89. The first kappa shape index (κ1) is 18.6. The maximum Gasteiger partial charge on any atom is 0.243 e. The van der Waals surface area contributed by atoms with E-state index in [1.807, 2.05) is 0 Å². The molecule has 8 heteroatoms. The smallest absolute Gasteiger partial charge is 0.243 e. The van der Waals surface area contributed by atoms with Crippen LogP contribution in [0.4, 0.5) is 4.39 Å². The van der Waals surface area contributed by atoms with Crippen LogP contribution in [0.25, 0.3) is 0 Å². The van der Waals surface area contributed by atoms with Crippen LogP contribution in [0.15, 0.2) is 23.1 Å². The van der Waals surface area contributed by atoms with E-state index in [1.54, 1.807) is 7.05 Å². The van der Waals surface area contributed by atoms with Crippen molar-refractivity contribution in [2.75, 3.05) is 40.0 Å². The summed E-state index contributed by atoms with van der Waals surface area (Å²) in [7, 11) is -1.91. The Morgan fingerprint density at radius 3 is 2.92 bits per heavy atom. The van der Waals surface area contributed by atoms with E-state index in [2.05, 4.69) is 5.32 Å². The largest absolute Gasteiger partial charge is 0.490 e. The monoisotopic (exact) mass is 372 g/mol. The summed E-state index contributed by atoms with van der Waals surface area (Å²) in [6.07, 6.45) is 2.53. The molecule has 140 valence electrons. The van der Waals surface area contributed by atoms with Gasteiger partial charge in [-0.15, -0.1) is 0 Å². The van der Waals surface area contributed by atoms with Gasteiger partial charge >= 0.3 is 0 Å². The molecule has 0 amide bonds. The van der Waals surface area contributed by atoms with Gasteiger partial charge < -0.3 is 14.8 Å². The lowest BCUT2D eigenvalue weighted by molar-refractivity contribution is 0.165. The second-order valence-corrected chi connectivity index (χ2v) is 8.49. The summed E-state index contributed by atoms with van der Waals surface area (Å²) < 4.78 is 52.2. The molecule has 0 bridgehead atoms. The molecule has 6 nitrogen and oxygen atoms in total. The van der Waals surface area contributed by atoms with E-state index in [4.69, 9.17) is 9.47 Å². The van der Waals surface area contributed by atoms with Crippen molar-refractivity contribution in [3.8, 4) is 5.75 Å². The minimum Gasteiger partial charge on any atom is -0.490 e. The zero-order valence-electron chi connectivity index (χ0n) is 14.4. The summed E-state index contributed by atoms with van der Waals surface area (Å²) in [5.41, 5.74) is 0. The van der Waals surface area contributed by atoms with E-state index in [-0.39, 0.29) is 22.6 Å². The molecule has 0 aromatic heterocycles. The molecule has 3 rings (SSSR count). The van der Waals surface area contributed by atoms with Gasteiger partial charge in [0.2, 0.25) is 10.0 Å². The van der Waals surface area contributed by atoms with Gasteiger partial charge in [0.1, 0.15) is 0 Å². The van der Waals surface area contributed by atoms with E-state index in [0.717, 1.165) is 25.3 Å². The molecule has 2 heterocycles. The highest BCUT2D eigenvalue weighted by atomic mass is 32.2. The van der Waals surface area contributed by atoms with Crippen LogP contribution in [0.3, 0.4) is 0 Å². The Kier molecular flexibility index (Phi) is 5.93. The molecule has 25 heavy (non-hydrogen) atoms. The fraction of sp³-hybridized carbons (Fsp3) is 0.647. The molecule has 2 aliphatic heterocycles. The molecule has 2 aliphatic rings. The third-order valence-electron chi connectivity index (χ3n) is 4.77. The van der Waals surface area contributed by atoms with Crippen LogP contribution in [0, 0.1) is 11.7 Å². The van der Waals surface area contributed by atoms with Crippen molar-refractivity contribution >= 4 is 10.0 Å². The fourth-order valence-corrected chi connectivity index (χ4v) is 5.09. The zero-order chi connectivity index (χ0) is 17.9. The lowest BCUT2D eigenvalue weighted by Gasteiger charge is -2.24. The van der Waals surface area contributed by atoms with E-state index < -0.39 is 15.8 Å². The Labute approximate surface area is 148 Å². The molecule has 0 saturated carbocycles. The van der Waals surface area contributed by atoms with Crippen LogP contribution >= 0.6 is 0 Å². The van der Waals surface area contributed by atoms with Gasteiger partial charge in [0.25, 0.3) is 0 Å². The molecule has 1 aromatic carbocycles. The van der Waals surface area contributed by atoms with E-state index >= 15 is 0 Å². The van der Waals surface area contributed by atoms with Crippen LogP contribution < -0.4 is 10.1 Å². The lowest BCUT2D eigenvalue weighted by atomic mass is 10.1. The number of ether oxygens (including phenoxy) is 2. The summed E-state index contributed by atoms with van der Waals surface area (Å²) in [5, 5.41) is 3.02. The first-order valence-corrected chi connectivity index (χ1v) is 10.1. The second-order valence-electron chi connectivity index (χ2n) is 6.60. The average Bonchev–Trinajstić information content (AvgIpc) is 3.25. The molecule has 2 unspecified atom stereocenters. The lowest BCUT2D eigenvalue weighted by Crippen LogP contribution is -2.40. The molecule has 0 spiro atoms. The predicted octanol–water partition coefficient (Wildman–Crippen LogP) is 1.61. The summed E-state index contributed by atoms with van der Waals surface area (Å²) in [4.78, 5) is -0.0236. The Balaban J connectivity index is 1.72. The van der Waals surface area contributed by atoms with Crippen molar-refractivity contribution in [1.82, 2.24) is 9.62 Å². The highest BCUT2D eigenvalue weighted by Crippen LogP contribution is 2.29. The minimum absolute atomic E-state index is 0.0236. The maximum atomic E-state index is 14.3. The minimum atomic E-state index is -3.70. The van der Waals surface area contributed by atoms with Crippen LogP contribution in [0.1, 0.15) is 19.3 Å². The SMILES string of the molecule is CNCC1CCCN1S(=O)(=O)c1ccc(OCC2CCOC2)c(F)c1. The van der Waals surface area contributed by atoms with Gasteiger partial charge in [-0.1, -0.05) is 0 Å². The van der Waals surface area contributed by atoms with Gasteiger partial charge in [-0.3, -0.25) is 0 Å². The standard InChI is InChI=1S/C17H25FN2O4S/c1-19-10-14-3-2-7-20(14)25(21,22)15-4-5-17(16(18)9-15)24-12-13-6-8-23-11-13/h4-5,9,13-14,19H,2-3,6-8,10-12H2,1H3. The molecular weight excluding hydrogens is 347 g/mol. The van der Waals surface area contributed by atoms with Crippen LogP contribution in [-0.2, 0) is 14.8 Å². The Morgan fingerprint density at radius 2 is 2.24 bits per heavy atom. The van der Waals surface area contributed by atoms with Gasteiger partial charge in [-0.05, 0) is 44.5 Å². The van der Waals surface area contributed by atoms with E-state index in [9.17, 15) is 12.8 Å². The molecule has 2 fully saturated rings. The van der Waals surface area contributed by atoms with Crippen molar-refractivity contribution in [1.29, 1.82) is 0 Å². The summed E-state index contributed by atoms with van der Waals surface area (Å²) in [6, 6.07) is 3.80. The Hall–Kier alpha value is -1.22. The fourth-order valence-electron chi connectivity index (χ4n) is 3.38. The summed E-state index contributed by atoms with van der Waals surface area (Å²) in [6.45, 7) is 2.76. The number of nitrogens with zero attached hydrogens (tertiary/aromatic N) is 1. The molecular formula is C17H25FN2O4S. The van der Waals surface area contributed by atoms with Crippen molar-refractivity contribution in [3.05, 3.63) is 24.0 Å². The van der Waals surface area contributed by atoms with Crippen molar-refractivity contribution in [2.45, 2.75) is 30.2 Å². The third kappa shape index (κ3) is 4.13. The Bertz CT molecular complexity index is 692. The van der Waals surface area contributed by atoms with Gasteiger partial charge in [-0.2, -0.15) is 4.31 Å². The molecule has 2 atom stereocenters. The van der Waals surface area contributed by atoms with Crippen molar-refractivity contribution in [2.24, 2.45) is 5.92 Å². The van der Waals surface area contributed by atoms with Gasteiger partial charge in [0.05, 0.1) is 18.1 Å². The van der Waals surface area contributed by atoms with Crippen molar-refractivity contribution in [3.63, 3.8) is 0 Å². The zero-order valence-corrected chi connectivity index (χ0v) is 15.2.